The average Bonchev–Trinajstić information content (AvgIpc) is 2.85. The van der Waals surface area contributed by atoms with Crippen molar-refractivity contribution in [3.8, 4) is 11.3 Å². The molecule has 0 aliphatic rings. The normalized spacial score (nSPS) is 11.2. The standard InChI is InChI=1S/C11H9ClN4O/c1-6-3-8(15-17-6)7-4-16(2)11-9(7)10(12)13-5-14-11/h3-5H,1-2H3. The Morgan fingerprint density at radius 3 is 2.88 bits per heavy atom. The quantitative estimate of drug-likeness (QED) is 0.621. The van der Waals surface area contributed by atoms with Gasteiger partial charge in [0.05, 0.1) is 5.39 Å². The third-order valence-electron chi connectivity index (χ3n) is 2.61. The minimum Gasteiger partial charge on any atom is -0.361 e. The van der Waals surface area contributed by atoms with Gasteiger partial charge < -0.3 is 9.09 Å². The van der Waals surface area contributed by atoms with Gasteiger partial charge in [-0.25, -0.2) is 9.97 Å². The number of fused-ring (bicyclic) bond motifs is 1. The van der Waals surface area contributed by atoms with Crippen LogP contribution in [0.2, 0.25) is 5.15 Å². The molecule has 0 aliphatic heterocycles. The van der Waals surface area contributed by atoms with Crippen LogP contribution in [0.25, 0.3) is 22.3 Å². The highest BCUT2D eigenvalue weighted by molar-refractivity contribution is 6.35. The second-order valence-electron chi connectivity index (χ2n) is 3.84. The number of rotatable bonds is 1. The van der Waals surface area contributed by atoms with Crippen molar-refractivity contribution in [2.24, 2.45) is 7.05 Å². The van der Waals surface area contributed by atoms with Gasteiger partial charge in [0.1, 0.15) is 28.6 Å². The van der Waals surface area contributed by atoms with E-state index in [0.29, 0.717) is 5.15 Å². The summed E-state index contributed by atoms with van der Waals surface area (Å²) >= 11 is 6.11. The van der Waals surface area contributed by atoms with Crippen LogP contribution in [0, 0.1) is 6.92 Å². The molecule has 0 unspecified atom stereocenters. The molecular formula is C11H9ClN4O. The van der Waals surface area contributed by atoms with Crippen LogP contribution in [0.4, 0.5) is 0 Å². The lowest BCUT2D eigenvalue weighted by molar-refractivity contribution is 0.399. The Hall–Kier alpha value is -1.88. The maximum absolute atomic E-state index is 6.11. The number of aromatic nitrogens is 4. The maximum Gasteiger partial charge on any atom is 0.145 e. The van der Waals surface area contributed by atoms with E-state index in [4.69, 9.17) is 16.1 Å². The first-order valence-electron chi connectivity index (χ1n) is 5.06. The van der Waals surface area contributed by atoms with Crippen LogP contribution in [0.5, 0.6) is 0 Å². The van der Waals surface area contributed by atoms with Crippen LogP contribution >= 0.6 is 11.6 Å². The molecule has 0 aromatic carbocycles. The van der Waals surface area contributed by atoms with E-state index >= 15 is 0 Å². The first kappa shape index (κ1) is 10.3. The Morgan fingerprint density at radius 2 is 2.18 bits per heavy atom. The van der Waals surface area contributed by atoms with Crippen molar-refractivity contribution in [3.05, 3.63) is 29.5 Å². The molecule has 0 N–H and O–H groups in total. The molecule has 0 aliphatic carbocycles. The van der Waals surface area contributed by atoms with E-state index in [2.05, 4.69) is 15.1 Å². The molecule has 17 heavy (non-hydrogen) atoms. The minimum atomic E-state index is 0.422. The van der Waals surface area contributed by atoms with E-state index in [1.165, 1.54) is 6.33 Å². The van der Waals surface area contributed by atoms with Crippen molar-refractivity contribution in [3.63, 3.8) is 0 Å². The first-order valence-corrected chi connectivity index (χ1v) is 5.44. The van der Waals surface area contributed by atoms with E-state index in [1.54, 1.807) is 0 Å². The molecule has 0 bridgehead atoms. The van der Waals surface area contributed by atoms with Gasteiger partial charge in [0, 0.05) is 24.9 Å². The van der Waals surface area contributed by atoms with E-state index in [0.717, 1.165) is 28.1 Å². The van der Waals surface area contributed by atoms with Gasteiger partial charge in [-0.15, -0.1) is 0 Å². The predicted octanol–water partition coefficient (Wildman–Crippen LogP) is 2.59. The van der Waals surface area contributed by atoms with Crippen LogP contribution < -0.4 is 0 Å². The lowest BCUT2D eigenvalue weighted by Crippen LogP contribution is -1.88. The maximum atomic E-state index is 6.11. The molecule has 0 fully saturated rings. The fourth-order valence-electron chi connectivity index (χ4n) is 1.86. The summed E-state index contributed by atoms with van der Waals surface area (Å²) in [5, 5.41) is 5.21. The van der Waals surface area contributed by atoms with Gasteiger partial charge in [-0.3, -0.25) is 0 Å². The Morgan fingerprint density at radius 1 is 1.35 bits per heavy atom. The highest BCUT2D eigenvalue weighted by atomic mass is 35.5. The Bertz CT molecular complexity index is 701. The number of aryl methyl sites for hydroxylation is 2. The summed E-state index contributed by atoms with van der Waals surface area (Å²) in [5.41, 5.74) is 2.40. The van der Waals surface area contributed by atoms with Crippen molar-refractivity contribution in [1.29, 1.82) is 0 Å². The number of nitrogens with zero attached hydrogens (tertiary/aromatic N) is 4. The average molecular weight is 249 g/mol. The molecule has 0 atom stereocenters. The van der Waals surface area contributed by atoms with E-state index in [-0.39, 0.29) is 0 Å². The number of hydrogen-bond donors (Lipinski definition) is 0. The second kappa shape index (κ2) is 3.56. The summed E-state index contributed by atoms with van der Waals surface area (Å²) in [4.78, 5) is 8.20. The predicted molar refractivity (Wildman–Crippen MR) is 63.8 cm³/mol. The van der Waals surface area contributed by atoms with Gasteiger partial charge in [-0.1, -0.05) is 16.8 Å². The van der Waals surface area contributed by atoms with Crippen LogP contribution in [-0.4, -0.2) is 19.7 Å². The molecular weight excluding hydrogens is 240 g/mol. The minimum absolute atomic E-state index is 0.422. The van der Waals surface area contributed by atoms with E-state index < -0.39 is 0 Å². The van der Waals surface area contributed by atoms with Gasteiger partial charge in [0.25, 0.3) is 0 Å². The Balaban J connectivity index is 2.37. The zero-order valence-electron chi connectivity index (χ0n) is 9.31. The van der Waals surface area contributed by atoms with Crippen LogP contribution in [0.15, 0.2) is 23.1 Å². The third-order valence-corrected chi connectivity index (χ3v) is 2.90. The van der Waals surface area contributed by atoms with Gasteiger partial charge in [-0.2, -0.15) is 0 Å². The van der Waals surface area contributed by atoms with Crippen LogP contribution in [-0.2, 0) is 7.05 Å². The highest BCUT2D eigenvalue weighted by Crippen LogP contribution is 2.32. The molecule has 6 heteroatoms. The lowest BCUT2D eigenvalue weighted by atomic mass is 10.2. The molecule has 0 saturated carbocycles. The topological polar surface area (TPSA) is 56.7 Å². The smallest absolute Gasteiger partial charge is 0.145 e. The van der Waals surface area contributed by atoms with Crippen molar-refractivity contribution < 1.29 is 4.52 Å². The molecule has 86 valence electrons. The molecule has 0 spiro atoms. The summed E-state index contributed by atoms with van der Waals surface area (Å²) in [5.74, 6) is 0.755. The molecule has 0 radical (unpaired) electrons. The molecule has 3 rings (SSSR count). The fraction of sp³-hybridized carbons (Fsp3) is 0.182. The van der Waals surface area contributed by atoms with Crippen molar-refractivity contribution >= 4 is 22.6 Å². The van der Waals surface area contributed by atoms with Crippen LogP contribution in [0.3, 0.4) is 0 Å². The van der Waals surface area contributed by atoms with E-state index in [1.807, 2.05) is 30.8 Å². The summed E-state index contributed by atoms with van der Waals surface area (Å²) in [7, 11) is 1.90. The zero-order chi connectivity index (χ0) is 12.0. The molecule has 0 amide bonds. The Kier molecular flexibility index (Phi) is 2.16. The van der Waals surface area contributed by atoms with Crippen molar-refractivity contribution in [2.75, 3.05) is 0 Å². The summed E-state index contributed by atoms with van der Waals surface area (Å²) in [6.07, 6.45) is 3.37. The van der Waals surface area contributed by atoms with E-state index in [9.17, 15) is 0 Å². The summed E-state index contributed by atoms with van der Waals surface area (Å²) in [6, 6.07) is 1.86. The van der Waals surface area contributed by atoms with Crippen LogP contribution in [0.1, 0.15) is 5.76 Å². The monoisotopic (exact) mass is 248 g/mol. The molecule has 5 nitrogen and oxygen atoms in total. The largest absolute Gasteiger partial charge is 0.361 e. The van der Waals surface area contributed by atoms with Crippen molar-refractivity contribution in [1.82, 2.24) is 19.7 Å². The molecule has 3 aromatic heterocycles. The summed E-state index contributed by atoms with van der Waals surface area (Å²) in [6.45, 7) is 1.85. The first-order chi connectivity index (χ1) is 8.16. The van der Waals surface area contributed by atoms with Crippen molar-refractivity contribution in [2.45, 2.75) is 6.92 Å². The lowest BCUT2D eigenvalue weighted by Gasteiger charge is -1.95. The van der Waals surface area contributed by atoms with Gasteiger partial charge in [0.15, 0.2) is 0 Å². The molecule has 3 aromatic rings. The van der Waals surface area contributed by atoms with Gasteiger partial charge in [-0.05, 0) is 6.92 Å². The third kappa shape index (κ3) is 1.51. The SMILES string of the molecule is Cc1cc(-c2cn(C)c3ncnc(Cl)c23)no1. The fourth-order valence-corrected chi connectivity index (χ4v) is 2.09. The number of halogens is 1. The van der Waals surface area contributed by atoms with Gasteiger partial charge >= 0.3 is 0 Å². The Labute approximate surface area is 102 Å². The molecule has 0 saturated heterocycles. The second-order valence-corrected chi connectivity index (χ2v) is 4.20. The summed E-state index contributed by atoms with van der Waals surface area (Å²) < 4.78 is 6.96. The van der Waals surface area contributed by atoms with Gasteiger partial charge in [0.2, 0.25) is 0 Å². The highest BCUT2D eigenvalue weighted by Gasteiger charge is 2.16. The molecule has 3 heterocycles. The zero-order valence-corrected chi connectivity index (χ0v) is 10.1. The number of hydrogen-bond acceptors (Lipinski definition) is 4.